The van der Waals surface area contributed by atoms with E-state index >= 15 is 0 Å². The van der Waals surface area contributed by atoms with Crippen LogP contribution in [0.1, 0.15) is 25.3 Å². The number of rotatable bonds is 6. The van der Waals surface area contributed by atoms with Gasteiger partial charge in [0.25, 0.3) is 0 Å². The lowest BCUT2D eigenvalue weighted by molar-refractivity contribution is -0.00105. The maximum atomic E-state index is 5.92. The maximum Gasteiger partial charge on any atom is 0.241 e. The number of hydrogen-bond donors (Lipinski definition) is 2. The van der Waals surface area contributed by atoms with Gasteiger partial charge in [0, 0.05) is 17.8 Å². The fourth-order valence-electron chi connectivity index (χ4n) is 1.95. The monoisotopic (exact) mass is 286 g/mol. The molecule has 0 amide bonds. The molecule has 4 N–H and O–H groups in total. The number of aryl methyl sites for hydroxylation is 1. The van der Waals surface area contributed by atoms with E-state index in [0.29, 0.717) is 5.69 Å². The maximum absolute atomic E-state index is 5.92. The number of nitrogens with two attached hydrogens (primary N) is 2. The van der Waals surface area contributed by atoms with Crippen molar-refractivity contribution in [3.63, 3.8) is 0 Å². The van der Waals surface area contributed by atoms with Crippen LogP contribution < -0.4 is 20.9 Å². The van der Waals surface area contributed by atoms with Crippen LogP contribution in [0.2, 0.25) is 0 Å². The summed E-state index contributed by atoms with van der Waals surface area (Å²) in [5, 5.41) is 0. The van der Waals surface area contributed by atoms with Gasteiger partial charge in [0.2, 0.25) is 6.29 Å². The van der Waals surface area contributed by atoms with Crippen LogP contribution >= 0.6 is 0 Å². The van der Waals surface area contributed by atoms with Crippen molar-refractivity contribution in [2.24, 2.45) is 0 Å². The summed E-state index contributed by atoms with van der Waals surface area (Å²) in [6.45, 7) is 4.05. The van der Waals surface area contributed by atoms with Gasteiger partial charge >= 0.3 is 0 Å². The minimum Gasteiger partial charge on any atom is -0.455 e. The molecule has 0 fully saturated rings. The third-order valence-corrected chi connectivity index (χ3v) is 3.18. The summed E-state index contributed by atoms with van der Waals surface area (Å²) >= 11 is 0. The Hall–Kier alpha value is -2.36. The highest BCUT2D eigenvalue weighted by atomic mass is 16.7. The van der Waals surface area contributed by atoms with E-state index in [4.69, 9.17) is 20.9 Å². The van der Waals surface area contributed by atoms with E-state index in [9.17, 15) is 0 Å². The normalized spacial score (nSPS) is 11.9. The Bertz CT molecular complexity index is 582. The van der Waals surface area contributed by atoms with Crippen molar-refractivity contribution < 1.29 is 9.47 Å². The molecular weight excluding hydrogens is 264 g/mol. The smallest absolute Gasteiger partial charge is 0.241 e. The van der Waals surface area contributed by atoms with Gasteiger partial charge in [-0.1, -0.05) is 6.92 Å². The first kappa shape index (κ1) is 15.0. The second-order valence-electron chi connectivity index (χ2n) is 5.04. The molecule has 0 spiro atoms. The third-order valence-electron chi connectivity index (χ3n) is 3.18. The Kier molecular flexibility index (Phi) is 4.93. The van der Waals surface area contributed by atoms with E-state index in [1.807, 2.05) is 49.4 Å². The van der Waals surface area contributed by atoms with E-state index in [-0.39, 0.29) is 6.29 Å². The van der Waals surface area contributed by atoms with Crippen LogP contribution in [0, 0.1) is 6.92 Å². The average Bonchev–Trinajstić information content (AvgIpc) is 2.46. The van der Waals surface area contributed by atoms with Gasteiger partial charge < -0.3 is 20.9 Å². The predicted molar refractivity (Wildman–Crippen MR) is 86.4 cm³/mol. The topological polar surface area (TPSA) is 70.5 Å². The summed E-state index contributed by atoms with van der Waals surface area (Å²) in [6, 6.07) is 12.9. The van der Waals surface area contributed by atoms with Crippen LogP contribution in [-0.2, 0) is 0 Å². The highest BCUT2D eigenvalue weighted by Crippen LogP contribution is 2.23. The van der Waals surface area contributed by atoms with Crippen molar-refractivity contribution in [1.29, 1.82) is 0 Å². The van der Waals surface area contributed by atoms with Crippen LogP contribution in [0.4, 0.5) is 11.4 Å². The molecule has 21 heavy (non-hydrogen) atoms. The van der Waals surface area contributed by atoms with Gasteiger partial charge in [-0.3, -0.25) is 0 Å². The molecule has 1 atom stereocenters. The van der Waals surface area contributed by atoms with Crippen molar-refractivity contribution >= 4 is 11.4 Å². The lowest BCUT2D eigenvalue weighted by Gasteiger charge is -2.20. The number of nitrogen functional groups attached to an aromatic ring is 2. The quantitative estimate of drug-likeness (QED) is 0.627. The summed E-state index contributed by atoms with van der Waals surface area (Å²) in [5.41, 5.74) is 14.0. The average molecular weight is 286 g/mol. The molecule has 0 bridgehead atoms. The summed E-state index contributed by atoms with van der Waals surface area (Å²) in [7, 11) is 0. The second kappa shape index (κ2) is 6.88. The zero-order valence-corrected chi connectivity index (χ0v) is 12.5. The Morgan fingerprint density at radius 3 is 2.19 bits per heavy atom. The van der Waals surface area contributed by atoms with Crippen LogP contribution in [-0.4, -0.2) is 6.29 Å². The van der Waals surface area contributed by atoms with Gasteiger partial charge in [-0.2, -0.15) is 0 Å². The van der Waals surface area contributed by atoms with E-state index in [0.717, 1.165) is 35.6 Å². The molecule has 0 aromatic heterocycles. The standard InChI is InChI=1S/C17H22N2O2/c1-3-4-17(20-14-7-5-13(18)6-8-14)21-15-9-10-16(19)12(2)11-15/h5-11,17H,3-4,18-19H2,1-2H3. The predicted octanol–water partition coefficient (Wildman–Crippen LogP) is 3.74. The second-order valence-corrected chi connectivity index (χ2v) is 5.04. The SMILES string of the molecule is CCCC(Oc1ccc(N)cc1)Oc1ccc(N)c(C)c1. The Labute approximate surface area is 125 Å². The van der Waals surface area contributed by atoms with E-state index in [1.165, 1.54) is 0 Å². The van der Waals surface area contributed by atoms with Crippen molar-refractivity contribution in [2.75, 3.05) is 11.5 Å². The molecule has 0 saturated heterocycles. The van der Waals surface area contributed by atoms with Gasteiger partial charge in [0.15, 0.2) is 0 Å². The fraction of sp³-hybridized carbons (Fsp3) is 0.294. The first-order valence-corrected chi connectivity index (χ1v) is 7.13. The highest BCUT2D eigenvalue weighted by molar-refractivity contribution is 5.49. The molecule has 2 aromatic rings. The molecule has 0 aliphatic carbocycles. The third kappa shape index (κ3) is 4.31. The zero-order valence-electron chi connectivity index (χ0n) is 12.5. The van der Waals surface area contributed by atoms with Crippen LogP contribution in [0.15, 0.2) is 42.5 Å². The van der Waals surface area contributed by atoms with Crippen LogP contribution in [0.5, 0.6) is 11.5 Å². The Morgan fingerprint density at radius 2 is 1.57 bits per heavy atom. The molecule has 112 valence electrons. The molecular formula is C17H22N2O2. The van der Waals surface area contributed by atoms with Crippen molar-refractivity contribution in [1.82, 2.24) is 0 Å². The summed E-state index contributed by atoms with van der Waals surface area (Å²) in [6.07, 6.45) is 1.43. The minimum atomic E-state index is -0.332. The number of hydrogen-bond acceptors (Lipinski definition) is 4. The number of ether oxygens (including phenoxy) is 2. The van der Waals surface area contributed by atoms with Gasteiger partial charge in [-0.25, -0.2) is 0 Å². The lowest BCUT2D eigenvalue weighted by atomic mass is 10.2. The molecule has 1 unspecified atom stereocenters. The molecule has 2 rings (SSSR count). The molecule has 2 aromatic carbocycles. The summed E-state index contributed by atoms with van der Waals surface area (Å²) in [4.78, 5) is 0. The Balaban J connectivity index is 2.07. The number of benzene rings is 2. The van der Waals surface area contributed by atoms with Crippen LogP contribution in [0.3, 0.4) is 0 Å². The van der Waals surface area contributed by atoms with Gasteiger partial charge in [0.1, 0.15) is 11.5 Å². The molecule has 0 radical (unpaired) electrons. The van der Waals surface area contributed by atoms with Crippen LogP contribution in [0.25, 0.3) is 0 Å². The summed E-state index contributed by atoms with van der Waals surface area (Å²) in [5.74, 6) is 1.51. The molecule has 0 heterocycles. The zero-order chi connectivity index (χ0) is 15.2. The van der Waals surface area contributed by atoms with E-state index < -0.39 is 0 Å². The lowest BCUT2D eigenvalue weighted by Crippen LogP contribution is -2.23. The Morgan fingerprint density at radius 1 is 0.952 bits per heavy atom. The first-order valence-electron chi connectivity index (χ1n) is 7.13. The molecule has 4 nitrogen and oxygen atoms in total. The summed E-state index contributed by atoms with van der Waals surface area (Å²) < 4.78 is 11.8. The van der Waals surface area contributed by atoms with E-state index in [1.54, 1.807) is 0 Å². The van der Waals surface area contributed by atoms with E-state index in [2.05, 4.69) is 6.92 Å². The van der Waals surface area contributed by atoms with Crippen molar-refractivity contribution in [3.05, 3.63) is 48.0 Å². The van der Waals surface area contributed by atoms with Gasteiger partial charge in [0.05, 0.1) is 0 Å². The van der Waals surface area contributed by atoms with Gasteiger partial charge in [-0.15, -0.1) is 0 Å². The fourth-order valence-corrected chi connectivity index (χ4v) is 1.95. The molecule has 0 saturated carbocycles. The molecule has 4 heteroatoms. The number of anilines is 2. The molecule has 0 aliphatic rings. The highest BCUT2D eigenvalue weighted by Gasteiger charge is 2.12. The van der Waals surface area contributed by atoms with Crippen molar-refractivity contribution in [3.8, 4) is 11.5 Å². The largest absolute Gasteiger partial charge is 0.455 e. The molecule has 0 aliphatic heterocycles. The van der Waals surface area contributed by atoms with Crippen molar-refractivity contribution in [2.45, 2.75) is 33.0 Å². The minimum absolute atomic E-state index is 0.332. The first-order chi connectivity index (χ1) is 10.1. The van der Waals surface area contributed by atoms with Gasteiger partial charge in [-0.05, 0) is 61.4 Å².